The Kier molecular flexibility index (Phi) is 4.41. The zero-order chi connectivity index (χ0) is 14.4. The molecule has 0 spiro atoms. The van der Waals surface area contributed by atoms with Gasteiger partial charge in [0.05, 0.1) is 0 Å². The minimum Gasteiger partial charge on any atom is -0.480 e. The molecule has 0 saturated carbocycles. The second-order valence-corrected chi connectivity index (χ2v) is 4.26. The Morgan fingerprint density at radius 3 is 2.65 bits per heavy atom. The maximum absolute atomic E-state index is 11.1. The number of rotatable bonds is 3. The van der Waals surface area contributed by atoms with Gasteiger partial charge in [-0.25, -0.2) is 4.79 Å². The van der Waals surface area contributed by atoms with E-state index >= 15 is 0 Å². The molecule has 0 unspecified atom stereocenters. The Labute approximate surface area is 117 Å². The zero-order valence-corrected chi connectivity index (χ0v) is 11.1. The molecule has 0 radical (unpaired) electrons. The van der Waals surface area contributed by atoms with Crippen LogP contribution in [-0.2, 0) is 0 Å². The molecule has 0 aromatic heterocycles. The summed E-state index contributed by atoms with van der Waals surface area (Å²) in [6.45, 7) is 2.03. The minimum absolute atomic E-state index is 0.150. The quantitative estimate of drug-likeness (QED) is 0.868. The van der Waals surface area contributed by atoms with Crippen molar-refractivity contribution in [3.8, 4) is 17.6 Å². The summed E-state index contributed by atoms with van der Waals surface area (Å²) in [4.78, 5) is 11.1. The van der Waals surface area contributed by atoms with Gasteiger partial charge in [-0.2, -0.15) is 0 Å². The highest BCUT2D eigenvalue weighted by atomic mass is 16.5. The fraction of sp³-hybridized carbons (Fsp3) is 0.118. The van der Waals surface area contributed by atoms with Crippen LogP contribution in [0.5, 0.6) is 5.75 Å². The van der Waals surface area contributed by atoms with Gasteiger partial charge in [0.1, 0.15) is 17.9 Å². The van der Waals surface area contributed by atoms with E-state index in [1.807, 2.05) is 37.3 Å². The van der Waals surface area contributed by atoms with Crippen molar-refractivity contribution in [1.29, 1.82) is 0 Å². The van der Waals surface area contributed by atoms with Gasteiger partial charge in [-0.3, -0.25) is 0 Å². The molecule has 0 saturated heterocycles. The fourth-order valence-electron chi connectivity index (χ4n) is 1.70. The Bertz CT molecular complexity index is 664. The van der Waals surface area contributed by atoms with Crippen LogP contribution in [0.2, 0.25) is 0 Å². The highest BCUT2D eigenvalue weighted by molar-refractivity contribution is 5.90. The third kappa shape index (κ3) is 3.63. The molecule has 0 amide bonds. The summed E-state index contributed by atoms with van der Waals surface area (Å²) < 4.78 is 5.45. The number of carboxylic acid groups (broad SMARTS) is 1. The lowest BCUT2D eigenvalue weighted by atomic mass is 10.1. The van der Waals surface area contributed by atoms with Gasteiger partial charge in [-0.15, -0.1) is 0 Å². The van der Waals surface area contributed by atoms with Crippen LogP contribution < -0.4 is 4.74 Å². The van der Waals surface area contributed by atoms with E-state index in [1.54, 1.807) is 12.1 Å². The summed E-state index contributed by atoms with van der Waals surface area (Å²) in [5, 5.41) is 9.08. The maximum atomic E-state index is 11.1. The van der Waals surface area contributed by atoms with E-state index in [0.29, 0.717) is 5.75 Å². The fourth-order valence-corrected chi connectivity index (χ4v) is 1.70. The van der Waals surface area contributed by atoms with E-state index in [-0.39, 0.29) is 12.2 Å². The Hall–Kier alpha value is -2.73. The van der Waals surface area contributed by atoms with Crippen molar-refractivity contribution in [2.45, 2.75) is 6.92 Å². The van der Waals surface area contributed by atoms with Gasteiger partial charge in [0.2, 0.25) is 0 Å². The van der Waals surface area contributed by atoms with E-state index in [9.17, 15) is 4.79 Å². The van der Waals surface area contributed by atoms with Crippen molar-refractivity contribution in [2.24, 2.45) is 0 Å². The van der Waals surface area contributed by atoms with Crippen molar-refractivity contribution in [3.63, 3.8) is 0 Å². The average molecular weight is 266 g/mol. The van der Waals surface area contributed by atoms with Gasteiger partial charge in [0, 0.05) is 5.56 Å². The molecule has 2 aromatic rings. The van der Waals surface area contributed by atoms with Crippen LogP contribution in [0.15, 0.2) is 48.5 Å². The number of benzene rings is 2. The number of ether oxygens (including phenoxy) is 1. The van der Waals surface area contributed by atoms with Crippen molar-refractivity contribution in [1.82, 2.24) is 0 Å². The lowest BCUT2D eigenvalue weighted by molar-refractivity contribution is 0.0693. The molecule has 2 rings (SSSR count). The molecule has 0 fully saturated rings. The first kappa shape index (κ1) is 13.7. The monoisotopic (exact) mass is 266 g/mol. The van der Waals surface area contributed by atoms with Gasteiger partial charge in [-0.05, 0) is 36.8 Å². The molecule has 0 aliphatic heterocycles. The summed E-state index contributed by atoms with van der Waals surface area (Å²) in [5.74, 6) is 5.17. The second-order valence-electron chi connectivity index (χ2n) is 4.26. The minimum atomic E-state index is -1.00. The van der Waals surface area contributed by atoms with E-state index in [4.69, 9.17) is 9.84 Å². The van der Waals surface area contributed by atoms with E-state index in [0.717, 1.165) is 11.1 Å². The van der Waals surface area contributed by atoms with E-state index in [2.05, 4.69) is 11.8 Å². The number of aromatic carboxylic acids is 1. The van der Waals surface area contributed by atoms with Crippen LogP contribution in [-0.4, -0.2) is 17.7 Å². The number of hydrogen-bond donors (Lipinski definition) is 1. The van der Waals surface area contributed by atoms with Crippen LogP contribution in [0.3, 0.4) is 0 Å². The zero-order valence-electron chi connectivity index (χ0n) is 11.1. The highest BCUT2D eigenvalue weighted by Crippen LogP contribution is 2.20. The molecule has 0 aliphatic rings. The summed E-state index contributed by atoms with van der Waals surface area (Å²) in [5.41, 5.74) is 2.00. The molecule has 3 nitrogen and oxygen atoms in total. The molecule has 3 heteroatoms. The third-order valence-corrected chi connectivity index (χ3v) is 2.67. The highest BCUT2D eigenvalue weighted by Gasteiger charge is 2.10. The summed E-state index contributed by atoms with van der Waals surface area (Å²) in [6, 6.07) is 14.5. The molecule has 2 aromatic carbocycles. The van der Waals surface area contributed by atoms with Gasteiger partial charge in [-0.1, -0.05) is 36.1 Å². The largest absolute Gasteiger partial charge is 0.480 e. The lowest BCUT2D eigenvalue weighted by Gasteiger charge is -2.07. The predicted octanol–water partition coefficient (Wildman–Crippen LogP) is 3.12. The van der Waals surface area contributed by atoms with Gasteiger partial charge in [0.25, 0.3) is 0 Å². The van der Waals surface area contributed by atoms with Crippen LogP contribution >= 0.6 is 0 Å². The summed E-state index contributed by atoms with van der Waals surface area (Å²) in [7, 11) is 0. The van der Waals surface area contributed by atoms with Gasteiger partial charge in [0.15, 0.2) is 0 Å². The number of hydrogen-bond acceptors (Lipinski definition) is 2. The molecule has 100 valence electrons. The SMILES string of the molecule is Cc1ccc(C(=O)O)c(OCC#Cc2ccccc2)c1. The van der Waals surface area contributed by atoms with Crippen LogP contribution in [0.4, 0.5) is 0 Å². The van der Waals surface area contributed by atoms with Crippen molar-refractivity contribution in [2.75, 3.05) is 6.61 Å². The van der Waals surface area contributed by atoms with Crippen LogP contribution in [0.25, 0.3) is 0 Å². The number of carboxylic acids is 1. The lowest BCUT2D eigenvalue weighted by Crippen LogP contribution is -2.03. The van der Waals surface area contributed by atoms with Crippen LogP contribution in [0.1, 0.15) is 21.5 Å². The first-order chi connectivity index (χ1) is 9.66. The standard InChI is InChI=1S/C17H14O3/c1-13-9-10-15(17(18)19)16(12-13)20-11-5-8-14-6-3-2-4-7-14/h2-4,6-7,9-10,12H,11H2,1H3,(H,18,19). The van der Waals surface area contributed by atoms with Crippen LogP contribution in [0, 0.1) is 18.8 Å². The summed E-state index contributed by atoms with van der Waals surface area (Å²) >= 11 is 0. The summed E-state index contributed by atoms with van der Waals surface area (Å²) in [6.07, 6.45) is 0. The smallest absolute Gasteiger partial charge is 0.339 e. The topological polar surface area (TPSA) is 46.5 Å². The molecular formula is C17H14O3. The molecular weight excluding hydrogens is 252 g/mol. The first-order valence-corrected chi connectivity index (χ1v) is 6.17. The molecule has 0 aliphatic carbocycles. The normalized spacial score (nSPS) is 9.45. The van der Waals surface area contributed by atoms with Gasteiger partial charge >= 0.3 is 5.97 Å². The van der Waals surface area contributed by atoms with Crippen molar-refractivity contribution >= 4 is 5.97 Å². The van der Waals surface area contributed by atoms with Gasteiger partial charge < -0.3 is 9.84 Å². The molecule has 0 bridgehead atoms. The van der Waals surface area contributed by atoms with E-state index in [1.165, 1.54) is 6.07 Å². The second kappa shape index (κ2) is 6.44. The molecule has 1 N–H and O–H groups in total. The first-order valence-electron chi connectivity index (χ1n) is 6.17. The molecule has 0 heterocycles. The predicted molar refractivity (Wildman–Crippen MR) is 77.0 cm³/mol. The Morgan fingerprint density at radius 1 is 1.20 bits per heavy atom. The van der Waals surface area contributed by atoms with Crippen molar-refractivity contribution in [3.05, 3.63) is 65.2 Å². The average Bonchev–Trinajstić information content (AvgIpc) is 2.44. The number of aryl methyl sites for hydroxylation is 1. The Morgan fingerprint density at radius 2 is 1.95 bits per heavy atom. The number of carbonyl (C=O) groups is 1. The maximum Gasteiger partial charge on any atom is 0.339 e. The van der Waals surface area contributed by atoms with Crippen molar-refractivity contribution < 1.29 is 14.6 Å². The third-order valence-electron chi connectivity index (χ3n) is 2.67. The molecule has 20 heavy (non-hydrogen) atoms. The Balaban J connectivity index is 2.06. The molecule has 0 atom stereocenters. The van der Waals surface area contributed by atoms with E-state index < -0.39 is 5.97 Å².